The molecule has 1 aromatic rings. The van der Waals surface area contributed by atoms with Crippen molar-refractivity contribution in [3.05, 3.63) is 75.2 Å². The summed E-state index contributed by atoms with van der Waals surface area (Å²) in [5, 5.41) is 0. The molecule has 0 atom stereocenters. The van der Waals surface area contributed by atoms with Crippen LogP contribution in [-0.4, -0.2) is 4.98 Å². The molecule has 28 heavy (non-hydrogen) atoms. The zero-order valence-electron chi connectivity index (χ0n) is 18.9. The van der Waals surface area contributed by atoms with Crippen LogP contribution in [0.5, 0.6) is 0 Å². The topological polar surface area (TPSA) is 12.9 Å². The number of nitrogens with zero attached hydrogens (tertiary/aromatic N) is 1. The SMILES string of the molecule is C.C1=CCC/C=C\CC1.CC(C)(C)[C-](Cc1ccccn1)C(C)(C)C.[CH3-].[CH3-].[Ir+3]. The van der Waals surface area contributed by atoms with Crippen LogP contribution in [0.4, 0.5) is 0 Å². The molecule has 1 nitrogen and oxygen atoms in total. The van der Waals surface area contributed by atoms with Crippen molar-refractivity contribution in [1.82, 2.24) is 4.98 Å². The Morgan fingerprint density at radius 3 is 1.46 bits per heavy atom. The fraction of sp³-hybridized carbons (Fsp3) is 0.538. The molecule has 0 N–H and O–H groups in total. The summed E-state index contributed by atoms with van der Waals surface area (Å²) in [7, 11) is 0. The van der Waals surface area contributed by atoms with Gasteiger partial charge in [-0.3, -0.25) is 10.9 Å². The van der Waals surface area contributed by atoms with Gasteiger partial charge in [0, 0.05) is 11.9 Å². The predicted molar refractivity (Wildman–Crippen MR) is 126 cm³/mol. The number of pyridine rings is 1. The quantitative estimate of drug-likeness (QED) is 0.259. The molecule has 1 heterocycles. The Morgan fingerprint density at radius 2 is 1.18 bits per heavy atom. The fourth-order valence-electron chi connectivity index (χ4n) is 3.20. The monoisotopic (exact) mass is 565 g/mol. The first-order valence-electron chi connectivity index (χ1n) is 9.28. The summed E-state index contributed by atoms with van der Waals surface area (Å²) in [5.74, 6) is 1.55. The summed E-state index contributed by atoms with van der Waals surface area (Å²) in [6.07, 6.45) is 16.9. The maximum absolute atomic E-state index is 4.42. The van der Waals surface area contributed by atoms with E-state index in [9.17, 15) is 0 Å². The summed E-state index contributed by atoms with van der Waals surface area (Å²) in [6, 6.07) is 6.14. The average molecular weight is 565 g/mol. The molecule has 2 rings (SSSR count). The standard InChI is InChI=1S/C15H24N.C8H12.CH4.2CH3.Ir/c1-14(2,3)13(15(4,5)6)11-12-9-7-8-10-16-12;1-2-4-6-8-7-5-3-1;;;;/h7-10H,11H2,1-6H3;1-2,7-8H,3-6H2;1H4;2*1H3;/q-1;;;2*-1;+3/b;2-1-,8-7?;;;;. The van der Waals surface area contributed by atoms with E-state index in [1.54, 1.807) is 5.92 Å². The molecule has 0 fully saturated rings. The molecular formula is C26H46IrN. The van der Waals surface area contributed by atoms with E-state index in [0.717, 1.165) is 6.42 Å². The zero-order valence-corrected chi connectivity index (χ0v) is 21.3. The van der Waals surface area contributed by atoms with Gasteiger partial charge in [-0.05, 0) is 37.8 Å². The third-order valence-electron chi connectivity index (χ3n) is 4.23. The van der Waals surface area contributed by atoms with Crippen molar-refractivity contribution in [1.29, 1.82) is 0 Å². The van der Waals surface area contributed by atoms with Crippen LogP contribution in [0.1, 0.15) is 80.3 Å². The Balaban J connectivity index is -0.000000208. The van der Waals surface area contributed by atoms with Gasteiger partial charge in [-0.2, -0.15) is 10.8 Å². The molecule has 0 spiro atoms. The van der Waals surface area contributed by atoms with Gasteiger partial charge >= 0.3 is 20.1 Å². The van der Waals surface area contributed by atoms with Crippen LogP contribution in [0.2, 0.25) is 0 Å². The molecule has 0 saturated carbocycles. The van der Waals surface area contributed by atoms with Crippen molar-refractivity contribution in [2.24, 2.45) is 10.8 Å². The Morgan fingerprint density at radius 1 is 0.786 bits per heavy atom. The summed E-state index contributed by atoms with van der Waals surface area (Å²) in [4.78, 5) is 4.42. The van der Waals surface area contributed by atoms with Crippen molar-refractivity contribution in [2.75, 3.05) is 0 Å². The van der Waals surface area contributed by atoms with E-state index < -0.39 is 0 Å². The Bertz CT molecular complexity index is 463. The molecule has 164 valence electrons. The zero-order chi connectivity index (χ0) is 18.1. The summed E-state index contributed by atoms with van der Waals surface area (Å²) < 4.78 is 0. The number of hydrogen-bond donors (Lipinski definition) is 0. The van der Waals surface area contributed by atoms with Crippen LogP contribution in [0.3, 0.4) is 0 Å². The third-order valence-corrected chi connectivity index (χ3v) is 4.23. The Kier molecular flexibility index (Phi) is 21.3. The molecule has 2 heteroatoms. The molecule has 0 aromatic carbocycles. The minimum Gasteiger partial charge on any atom is -0.358 e. The molecule has 1 aliphatic rings. The van der Waals surface area contributed by atoms with Crippen molar-refractivity contribution in [2.45, 2.75) is 81.1 Å². The van der Waals surface area contributed by atoms with Crippen LogP contribution >= 0.6 is 0 Å². The van der Waals surface area contributed by atoms with Gasteiger partial charge in [0.15, 0.2) is 0 Å². The van der Waals surface area contributed by atoms with Crippen molar-refractivity contribution >= 4 is 0 Å². The van der Waals surface area contributed by atoms with Crippen LogP contribution < -0.4 is 0 Å². The first-order valence-corrected chi connectivity index (χ1v) is 9.28. The summed E-state index contributed by atoms with van der Waals surface area (Å²) in [5.41, 5.74) is 1.63. The average Bonchev–Trinajstić information content (AvgIpc) is 2.43. The van der Waals surface area contributed by atoms with Crippen LogP contribution in [-0.2, 0) is 26.5 Å². The Labute approximate surface area is 191 Å². The largest absolute Gasteiger partial charge is 3.00 e. The van der Waals surface area contributed by atoms with E-state index in [4.69, 9.17) is 0 Å². The first kappa shape index (κ1) is 34.8. The van der Waals surface area contributed by atoms with Crippen molar-refractivity contribution in [3.8, 4) is 0 Å². The van der Waals surface area contributed by atoms with Gasteiger partial charge in [0.25, 0.3) is 0 Å². The van der Waals surface area contributed by atoms with Gasteiger partial charge in [0.1, 0.15) is 0 Å². The van der Waals surface area contributed by atoms with Crippen molar-refractivity contribution in [3.63, 3.8) is 0 Å². The van der Waals surface area contributed by atoms with Crippen LogP contribution in [0.25, 0.3) is 0 Å². The van der Waals surface area contributed by atoms with E-state index in [2.05, 4.69) is 83.0 Å². The number of hydrogen-bond acceptors (Lipinski definition) is 1. The smallest absolute Gasteiger partial charge is 0.358 e. The van der Waals surface area contributed by atoms with E-state index in [1.807, 2.05) is 12.3 Å². The molecular weight excluding hydrogens is 519 g/mol. The second-order valence-electron chi connectivity index (χ2n) is 8.57. The summed E-state index contributed by atoms with van der Waals surface area (Å²) >= 11 is 0. The first-order chi connectivity index (χ1) is 11.2. The van der Waals surface area contributed by atoms with Gasteiger partial charge in [0.05, 0.1) is 0 Å². The third kappa shape index (κ3) is 15.2. The van der Waals surface area contributed by atoms with Gasteiger partial charge in [-0.15, -0.1) is 6.42 Å². The van der Waals surface area contributed by atoms with Gasteiger partial charge in [0.2, 0.25) is 0 Å². The number of allylic oxidation sites excluding steroid dienone is 4. The molecule has 0 saturated heterocycles. The van der Waals surface area contributed by atoms with Gasteiger partial charge in [-0.25, -0.2) is 0 Å². The molecule has 1 aliphatic carbocycles. The van der Waals surface area contributed by atoms with E-state index >= 15 is 0 Å². The second kappa shape index (κ2) is 17.2. The summed E-state index contributed by atoms with van der Waals surface area (Å²) in [6.45, 7) is 13.7. The molecule has 0 unspecified atom stereocenters. The van der Waals surface area contributed by atoms with E-state index in [-0.39, 0.29) is 53.2 Å². The molecule has 0 aliphatic heterocycles. The van der Waals surface area contributed by atoms with Crippen LogP contribution in [0, 0.1) is 31.6 Å². The Hall–Kier alpha value is -0.721. The number of rotatable bonds is 2. The molecule has 0 bridgehead atoms. The normalized spacial score (nSPS) is 14.4. The van der Waals surface area contributed by atoms with E-state index in [0.29, 0.717) is 0 Å². The second-order valence-corrected chi connectivity index (χ2v) is 8.57. The fourth-order valence-corrected chi connectivity index (χ4v) is 3.20. The molecule has 0 radical (unpaired) electrons. The van der Waals surface area contributed by atoms with Gasteiger partial charge in [-0.1, -0.05) is 79.3 Å². The van der Waals surface area contributed by atoms with Gasteiger partial charge < -0.3 is 14.9 Å². The maximum Gasteiger partial charge on any atom is 3.00 e. The van der Waals surface area contributed by atoms with Crippen LogP contribution in [0.15, 0.2) is 48.7 Å². The predicted octanol–water partition coefficient (Wildman–Crippen LogP) is 8.50. The maximum atomic E-state index is 4.42. The minimum absolute atomic E-state index is 0. The molecule has 0 amide bonds. The minimum atomic E-state index is 0. The van der Waals surface area contributed by atoms with Crippen molar-refractivity contribution < 1.29 is 20.1 Å². The number of aromatic nitrogens is 1. The van der Waals surface area contributed by atoms with E-state index in [1.165, 1.54) is 31.4 Å². The molecule has 1 aromatic heterocycles.